The SMILES string of the molecule is N#CCc1cc(Br)c(N)c(Br)c1. The summed E-state index contributed by atoms with van der Waals surface area (Å²) in [6, 6.07) is 5.78. The van der Waals surface area contributed by atoms with Crippen molar-refractivity contribution >= 4 is 37.5 Å². The zero-order valence-electron chi connectivity index (χ0n) is 6.14. The molecule has 1 aromatic carbocycles. The van der Waals surface area contributed by atoms with Crippen LogP contribution in [0.2, 0.25) is 0 Å². The van der Waals surface area contributed by atoms with E-state index in [1.165, 1.54) is 0 Å². The van der Waals surface area contributed by atoms with E-state index >= 15 is 0 Å². The molecule has 0 atom stereocenters. The van der Waals surface area contributed by atoms with Gasteiger partial charge in [-0.05, 0) is 49.6 Å². The van der Waals surface area contributed by atoms with Crippen LogP contribution in [0.25, 0.3) is 0 Å². The van der Waals surface area contributed by atoms with Gasteiger partial charge < -0.3 is 5.73 Å². The van der Waals surface area contributed by atoms with Gasteiger partial charge in [0.05, 0.1) is 18.2 Å². The molecule has 2 nitrogen and oxygen atoms in total. The van der Waals surface area contributed by atoms with Gasteiger partial charge in [-0.25, -0.2) is 0 Å². The van der Waals surface area contributed by atoms with E-state index in [2.05, 4.69) is 37.9 Å². The van der Waals surface area contributed by atoms with Gasteiger partial charge in [-0.1, -0.05) is 0 Å². The van der Waals surface area contributed by atoms with Crippen molar-refractivity contribution in [3.63, 3.8) is 0 Å². The Morgan fingerprint density at radius 1 is 1.33 bits per heavy atom. The minimum Gasteiger partial charge on any atom is -0.397 e. The molecule has 62 valence electrons. The summed E-state index contributed by atoms with van der Waals surface area (Å²) in [5.41, 5.74) is 7.28. The third-order valence-corrected chi connectivity index (χ3v) is 2.73. The molecule has 0 fully saturated rings. The molecule has 0 aliphatic heterocycles. The molecule has 0 radical (unpaired) electrons. The molecule has 0 saturated heterocycles. The van der Waals surface area contributed by atoms with Crippen LogP contribution in [-0.2, 0) is 6.42 Å². The van der Waals surface area contributed by atoms with Crippen LogP contribution < -0.4 is 5.73 Å². The van der Waals surface area contributed by atoms with Crippen LogP contribution in [0.15, 0.2) is 21.1 Å². The van der Waals surface area contributed by atoms with Gasteiger partial charge in [-0.2, -0.15) is 5.26 Å². The molecule has 1 aromatic rings. The Kier molecular flexibility index (Phi) is 3.12. The highest BCUT2D eigenvalue weighted by Gasteiger charge is 2.02. The van der Waals surface area contributed by atoms with Crippen LogP contribution in [0, 0.1) is 11.3 Å². The van der Waals surface area contributed by atoms with Crippen molar-refractivity contribution in [1.82, 2.24) is 0 Å². The Balaban J connectivity index is 3.14. The first-order valence-electron chi connectivity index (χ1n) is 3.25. The number of anilines is 1. The second-order valence-electron chi connectivity index (χ2n) is 2.31. The maximum Gasteiger partial charge on any atom is 0.0669 e. The van der Waals surface area contributed by atoms with Crippen molar-refractivity contribution in [2.75, 3.05) is 5.73 Å². The van der Waals surface area contributed by atoms with E-state index in [1.54, 1.807) is 0 Å². The zero-order valence-corrected chi connectivity index (χ0v) is 9.31. The van der Waals surface area contributed by atoms with Gasteiger partial charge in [0.1, 0.15) is 0 Å². The molecule has 0 spiro atoms. The molecule has 4 heteroatoms. The zero-order chi connectivity index (χ0) is 9.14. The van der Waals surface area contributed by atoms with E-state index < -0.39 is 0 Å². The summed E-state index contributed by atoms with van der Waals surface area (Å²) in [4.78, 5) is 0. The van der Waals surface area contributed by atoms with Gasteiger partial charge in [-0.3, -0.25) is 0 Å². The Hall–Kier alpha value is -0.530. The molecule has 0 saturated carbocycles. The summed E-state index contributed by atoms with van der Waals surface area (Å²) in [6.07, 6.45) is 0.400. The monoisotopic (exact) mass is 288 g/mol. The maximum absolute atomic E-state index is 8.46. The van der Waals surface area contributed by atoms with E-state index in [1.807, 2.05) is 12.1 Å². The first kappa shape index (κ1) is 9.56. The molecule has 0 unspecified atom stereocenters. The van der Waals surface area contributed by atoms with Crippen LogP contribution in [0.1, 0.15) is 5.56 Å². The van der Waals surface area contributed by atoms with Crippen molar-refractivity contribution in [3.8, 4) is 6.07 Å². The molecular formula is C8H6Br2N2. The van der Waals surface area contributed by atoms with E-state index in [4.69, 9.17) is 11.0 Å². The van der Waals surface area contributed by atoms with Crippen molar-refractivity contribution in [2.24, 2.45) is 0 Å². The summed E-state index contributed by atoms with van der Waals surface area (Å²) in [5.74, 6) is 0. The second-order valence-corrected chi connectivity index (χ2v) is 4.02. The van der Waals surface area contributed by atoms with Crippen LogP contribution in [0.5, 0.6) is 0 Å². The van der Waals surface area contributed by atoms with Gasteiger partial charge in [0.15, 0.2) is 0 Å². The van der Waals surface area contributed by atoms with Crippen molar-refractivity contribution in [3.05, 3.63) is 26.6 Å². The molecule has 0 bridgehead atoms. The average molecular weight is 290 g/mol. The predicted octanol–water partition coefficient (Wildman–Crippen LogP) is 2.86. The normalized spacial score (nSPS) is 9.42. The van der Waals surface area contributed by atoms with E-state index in [-0.39, 0.29) is 0 Å². The van der Waals surface area contributed by atoms with Crippen LogP contribution in [0.3, 0.4) is 0 Å². The fraction of sp³-hybridized carbons (Fsp3) is 0.125. The molecule has 0 heterocycles. The Morgan fingerprint density at radius 2 is 1.83 bits per heavy atom. The van der Waals surface area contributed by atoms with Crippen molar-refractivity contribution < 1.29 is 0 Å². The number of nitriles is 1. The highest BCUT2D eigenvalue weighted by atomic mass is 79.9. The second kappa shape index (κ2) is 3.92. The molecule has 0 aliphatic rings. The Labute approximate surface area is 87.6 Å². The summed E-state index contributed by atoms with van der Waals surface area (Å²) in [7, 11) is 0. The lowest BCUT2D eigenvalue weighted by molar-refractivity contribution is 1.25. The molecule has 0 aliphatic carbocycles. The quantitative estimate of drug-likeness (QED) is 0.808. The topological polar surface area (TPSA) is 49.8 Å². The number of rotatable bonds is 1. The van der Waals surface area contributed by atoms with E-state index in [9.17, 15) is 0 Å². The highest BCUT2D eigenvalue weighted by Crippen LogP contribution is 2.29. The molecular weight excluding hydrogens is 284 g/mol. The first-order chi connectivity index (χ1) is 5.65. The highest BCUT2D eigenvalue weighted by molar-refractivity contribution is 9.11. The number of hydrogen-bond acceptors (Lipinski definition) is 2. The third kappa shape index (κ3) is 1.99. The predicted molar refractivity (Wildman–Crippen MR) is 55.6 cm³/mol. The van der Waals surface area contributed by atoms with Gasteiger partial charge in [-0.15, -0.1) is 0 Å². The molecule has 0 amide bonds. The van der Waals surface area contributed by atoms with Gasteiger partial charge in [0.25, 0.3) is 0 Å². The Morgan fingerprint density at radius 3 is 2.25 bits per heavy atom. The number of nitrogen functional groups attached to an aromatic ring is 1. The summed E-state index contributed by atoms with van der Waals surface area (Å²) >= 11 is 6.60. The number of hydrogen-bond donors (Lipinski definition) is 1. The van der Waals surface area contributed by atoms with Crippen LogP contribution in [-0.4, -0.2) is 0 Å². The summed E-state index contributed by atoms with van der Waals surface area (Å²) in [6.45, 7) is 0. The van der Waals surface area contributed by atoms with Crippen LogP contribution in [0.4, 0.5) is 5.69 Å². The minimum atomic E-state index is 0.400. The van der Waals surface area contributed by atoms with Crippen molar-refractivity contribution in [2.45, 2.75) is 6.42 Å². The third-order valence-electron chi connectivity index (χ3n) is 1.42. The summed E-state index contributed by atoms with van der Waals surface area (Å²) in [5, 5.41) is 8.46. The first-order valence-corrected chi connectivity index (χ1v) is 4.84. The fourth-order valence-electron chi connectivity index (χ4n) is 0.830. The number of nitrogens with two attached hydrogens (primary N) is 1. The van der Waals surface area contributed by atoms with Crippen molar-refractivity contribution in [1.29, 1.82) is 5.26 Å². The number of nitrogens with zero attached hydrogens (tertiary/aromatic N) is 1. The summed E-state index contributed by atoms with van der Waals surface area (Å²) < 4.78 is 1.64. The van der Waals surface area contributed by atoms with Gasteiger partial charge in [0, 0.05) is 8.95 Å². The maximum atomic E-state index is 8.46. The largest absolute Gasteiger partial charge is 0.397 e. The molecule has 2 N–H and O–H groups in total. The molecule has 12 heavy (non-hydrogen) atoms. The standard InChI is InChI=1S/C8H6Br2N2/c9-6-3-5(1-2-11)4-7(10)8(6)12/h3-4H,1,12H2. The van der Waals surface area contributed by atoms with E-state index in [0.717, 1.165) is 14.5 Å². The minimum absolute atomic E-state index is 0.400. The van der Waals surface area contributed by atoms with Crippen LogP contribution >= 0.6 is 31.9 Å². The molecule has 1 rings (SSSR count). The Bertz CT molecular complexity index is 318. The number of halogens is 2. The number of benzene rings is 1. The van der Waals surface area contributed by atoms with Gasteiger partial charge >= 0.3 is 0 Å². The lowest BCUT2D eigenvalue weighted by Gasteiger charge is -2.03. The van der Waals surface area contributed by atoms with E-state index in [0.29, 0.717) is 12.1 Å². The fourth-order valence-corrected chi connectivity index (χ4v) is 2.11. The lowest BCUT2D eigenvalue weighted by Crippen LogP contribution is -1.91. The van der Waals surface area contributed by atoms with Gasteiger partial charge in [0.2, 0.25) is 0 Å². The molecule has 0 aromatic heterocycles. The smallest absolute Gasteiger partial charge is 0.0669 e. The average Bonchev–Trinajstić information content (AvgIpc) is 2.01. The lowest BCUT2D eigenvalue weighted by atomic mass is 10.1.